The Kier molecular flexibility index (Phi) is 3.62. The van der Waals surface area contributed by atoms with Crippen molar-refractivity contribution in [2.45, 2.75) is 18.1 Å². The van der Waals surface area contributed by atoms with Crippen LogP contribution in [-0.4, -0.2) is 4.21 Å². The summed E-state index contributed by atoms with van der Waals surface area (Å²) < 4.78 is 11.0. The number of rotatable bonds is 0. The van der Waals surface area contributed by atoms with Crippen molar-refractivity contribution < 1.29 is 4.21 Å². The number of fused-ring (bicyclic) bond motifs is 2. The third kappa shape index (κ3) is 2.85. The van der Waals surface area contributed by atoms with Crippen LogP contribution in [0.5, 0.6) is 0 Å². The first-order chi connectivity index (χ1) is 9.33. The lowest BCUT2D eigenvalue weighted by Gasteiger charge is -1.93. The first-order valence-electron chi connectivity index (χ1n) is 6.31. The molecule has 0 saturated heterocycles. The maximum absolute atomic E-state index is 11.0. The van der Waals surface area contributed by atoms with Crippen LogP contribution in [0.2, 0.25) is 0 Å². The Bertz CT molecular complexity index is 563. The second-order valence-electron chi connectivity index (χ2n) is 4.63. The van der Waals surface area contributed by atoms with E-state index in [1.807, 2.05) is 24.3 Å². The van der Waals surface area contributed by atoms with Gasteiger partial charge >= 0.3 is 0 Å². The average molecular weight is 272 g/mol. The molecule has 0 bridgehead atoms. The predicted molar refractivity (Wildman–Crippen MR) is 78.9 cm³/mol. The van der Waals surface area contributed by atoms with Gasteiger partial charge in [-0.1, -0.05) is 42.5 Å². The van der Waals surface area contributed by atoms with Crippen LogP contribution in [0.4, 0.5) is 5.69 Å². The van der Waals surface area contributed by atoms with Crippen molar-refractivity contribution in [3.63, 3.8) is 0 Å². The number of nitrogens with one attached hydrogen (secondary N) is 2. The van der Waals surface area contributed by atoms with E-state index < -0.39 is 10.8 Å². The molecule has 0 aliphatic carbocycles. The van der Waals surface area contributed by atoms with E-state index in [2.05, 4.69) is 35.1 Å². The third-order valence-corrected chi connectivity index (χ3v) is 4.54. The standard InChI is InChI=1S/C8H8OS.C7H8N2/c9-10-5-7-3-1-2-4-8(7)6-10;1-2-4-7-6(3-1)5-8-9-7/h1-4H,5-6H2;1-4,8-9H,5H2. The molecule has 2 N–H and O–H groups in total. The second kappa shape index (κ2) is 5.55. The third-order valence-electron chi connectivity index (χ3n) is 3.27. The fourth-order valence-corrected chi connectivity index (χ4v) is 3.63. The zero-order chi connectivity index (χ0) is 13.1. The molecule has 4 rings (SSSR count). The normalized spacial score (nSPS) is 16.0. The number of hydrogen-bond donors (Lipinski definition) is 2. The quantitative estimate of drug-likeness (QED) is 0.774. The van der Waals surface area contributed by atoms with Gasteiger partial charge < -0.3 is 5.43 Å². The molecule has 2 aromatic carbocycles. The van der Waals surface area contributed by atoms with Crippen LogP contribution in [0, 0.1) is 0 Å². The Labute approximate surface area is 115 Å². The van der Waals surface area contributed by atoms with Gasteiger partial charge in [-0.3, -0.25) is 4.21 Å². The van der Waals surface area contributed by atoms with Gasteiger partial charge in [0.05, 0.1) is 5.69 Å². The molecule has 0 saturated carbocycles. The summed E-state index contributed by atoms with van der Waals surface area (Å²) in [5.74, 6) is 1.52. The maximum Gasteiger partial charge on any atom is 0.0533 e. The highest BCUT2D eigenvalue weighted by Gasteiger charge is 2.14. The number of hydrazine groups is 1. The summed E-state index contributed by atoms with van der Waals surface area (Å²) in [4.78, 5) is 0. The minimum Gasteiger partial charge on any atom is -0.321 e. The van der Waals surface area contributed by atoms with Crippen molar-refractivity contribution in [3.05, 3.63) is 65.2 Å². The molecule has 3 nitrogen and oxygen atoms in total. The van der Waals surface area contributed by atoms with Crippen molar-refractivity contribution in [2.24, 2.45) is 0 Å². The second-order valence-corrected chi connectivity index (χ2v) is 6.09. The fourth-order valence-electron chi connectivity index (χ4n) is 2.27. The van der Waals surface area contributed by atoms with Crippen molar-refractivity contribution in [3.8, 4) is 0 Å². The molecule has 2 aliphatic rings. The molecule has 2 heterocycles. The van der Waals surface area contributed by atoms with Gasteiger partial charge in [0.15, 0.2) is 0 Å². The average Bonchev–Trinajstić information content (AvgIpc) is 3.03. The smallest absolute Gasteiger partial charge is 0.0533 e. The van der Waals surface area contributed by atoms with Gasteiger partial charge in [-0.2, -0.15) is 0 Å². The molecule has 0 radical (unpaired) electrons. The lowest BCUT2D eigenvalue weighted by Crippen LogP contribution is -2.10. The van der Waals surface area contributed by atoms with Gasteiger partial charge in [0.25, 0.3) is 0 Å². The van der Waals surface area contributed by atoms with E-state index in [0.29, 0.717) is 0 Å². The summed E-state index contributed by atoms with van der Waals surface area (Å²) in [5.41, 5.74) is 11.2. The molecular weight excluding hydrogens is 256 g/mol. The molecule has 0 atom stereocenters. The molecule has 19 heavy (non-hydrogen) atoms. The highest BCUT2D eigenvalue weighted by molar-refractivity contribution is 7.83. The van der Waals surface area contributed by atoms with Gasteiger partial charge in [0, 0.05) is 28.9 Å². The topological polar surface area (TPSA) is 41.1 Å². The zero-order valence-corrected chi connectivity index (χ0v) is 11.4. The highest BCUT2D eigenvalue weighted by atomic mass is 32.2. The van der Waals surface area contributed by atoms with Crippen LogP contribution < -0.4 is 10.9 Å². The zero-order valence-electron chi connectivity index (χ0n) is 10.6. The van der Waals surface area contributed by atoms with Crippen LogP contribution in [0.25, 0.3) is 0 Å². The van der Waals surface area contributed by atoms with E-state index in [0.717, 1.165) is 18.1 Å². The number of benzene rings is 2. The molecule has 2 aromatic rings. The van der Waals surface area contributed by atoms with E-state index in [1.165, 1.54) is 22.4 Å². The van der Waals surface area contributed by atoms with Crippen molar-refractivity contribution in [1.29, 1.82) is 0 Å². The van der Waals surface area contributed by atoms with Gasteiger partial charge in [0.1, 0.15) is 0 Å². The van der Waals surface area contributed by atoms with Gasteiger partial charge in [0.2, 0.25) is 0 Å². The van der Waals surface area contributed by atoms with E-state index in [-0.39, 0.29) is 0 Å². The first kappa shape index (κ1) is 12.4. The van der Waals surface area contributed by atoms with Crippen molar-refractivity contribution >= 4 is 16.5 Å². The minimum absolute atomic E-state index is 0.619. The fraction of sp³-hybridized carbons (Fsp3) is 0.200. The molecule has 0 fully saturated rings. The van der Waals surface area contributed by atoms with Gasteiger partial charge in [-0.15, -0.1) is 0 Å². The maximum atomic E-state index is 11.0. The molecule has 2 aliphatic heterocycles. The van der Waals surface area contributed by atoms with Gasteiger partial charge in [-0.25, -0.2) is 5.43 Å². The van der Waals surface area contributed by atoms with Crippen LogP contribution in [0.3, 0.4) is 0 Å². The Morgan fingerprint density at radius 2 is 1.42 bits per heavy atom. The summed E-state index contributed by atoms with van der Waals surface area (Å²) in [7, 11) is -0.619. The highest BCUT2D eigenvalue weighted by Crippen LogP contribution is 2.20. The molecule has 0 spiro atoms. The first-order valence-corrected chi connectivity index (χ1v) is 7.80. The van der Waals surface area contributed by atoms with E-state index >= 15 is 0 Å². The Morgan fingerprint density at radius 3 is 2.05 bits per heavy atom. The van der Waals surface area contributed by atoms with Gasteiger partial charge in [-0.05, 0) is 22.8 Å². The molecular formula is C15H16N2OS. The van der Waals surface area contributed by atoms with E-state index in [9.17, 15) is 4.21 Å². The van der Waals surface area contributed by atoms with Crippen LogP contribution in [0.15, 0.2) is 48.5 Å². The van der Waals surface area contributed by atoms with Crippen molar-refractivity contribution in [1.82, 2.24) is 5.43 Å². The Morgan fingerprint density at radius 1 is 0.842 bits per heavy atom. The summed E-state index contributed by atoms with van der Waals surface area (Å²) in [6.45, 7) is 0.941. The largest absolute Gasteiger partial charge is 0.321 e. The van der Waals surface area contributed by atoms with Crippen LogP contribution >= 0.6 is 0 Å². The number of hydrogen-bond acceptors (Lipinski definition) is 3. The number of para-hydroxylation sites is 1. The molecule has 0 aromatic heterocycles. The minimum atomic E-state index is -0.619. The Hall–Kier alpha value is -1.65. The molecule has 4 heteroatoms. The number of anilines is 1. The summed E-state index contributed by atoms with van der Waals surface area (Å²) in [5, 5.41) is 0. The van der Waals surface area contributed by atoms with Crippen molar-refractivity contribution in [2.75, 3.05) is 5.43 Å². The molecule has 98 valence electrons. The molecule has 0 unspecified atom stereocenters. The SMILES string of the molecule is O=S1Cc2ccccc2C1.c1ccc2c(c1)CNN2. The lowest BCUT2D eigenvalue weighted by atomic mass is 10.1. The van der Waals surface area contributed by atoms with Crippen LogP contribution in [0.1, 0.15) is 16.7 Å². The lowest BCUT2D eigenvalue weighted by molar-refractivity contribution is 0.684. The monoisotopic (exact) mass is 272 g/mol. The summed E-state index contributed by atoms with van der Waals surface area (Å²) in [6.07, 6.45) is 0. The van der Waals surface area contributed by atoms with Crippen LogP contribution in [-0.2, 0) is 28.9 Å². The Balaban J connectivity index is 0.000000117. The van der Waals surface area contributed by atoms with E-state index in [1.54, 1.807) is 0 Å². The molecule has 0 amide bonds. The summed E-state index contributed by atoms with van der Waals surface area (Å²) in [6, 6.07) is 16.4. The van der Waals surface area contributed by atoms with E-state index in [4.69, 9.17) is 0 Å². The summed E-state index contributed by atoms with van der Waals surface area (Å²) >= 11 is 0. The predicted octanol–water partition coefficient (Wildman–Crippen LogP) is 2.57.